The summed E-state index contributed by atoms with van der Waals surface area (Å²) in [4.78, 5) is 14.4. The number of amides is 1. The first-order chi connectivity index (χ1) is 11.7. The number of ether oxygens (including phenoxy) is 1. The number of benzene rings is 1. The van der Waals surface area contributed by atoms with E-state index in [0.29, 0.717) is 24.5 Å². The van der Waals surface area contributed by atoms with Crippen molar-refractivity contribution in [3.8, 4) is 0 Å². The first kappa shape index (κ1) is 17.2. The number of carbonyl (C=O) groups excluding carboxylic acids is 1. The minimum atomic E-state index is 0.0580. The van der Waals surface area contributed by atoms with E-state index in [2.05, 4.69) is 15.3 Å². The molecule has 2 aromatic rings. The van der Waals surface area contributed by atoms with Gasteiger partial charge in [-0.15, -0.1) is 0 Å². The number of nitrogens with zero attached hydrogens (tertiary/aromatic N) is 3. The third-order valence-corrected chi connectivity index (χ3v) is 4.59. The van der Waals surface area contributed by atoms with E-state index in [1.54, 1.807) is 6.20 Å². The van der Waals surface area contributed by atoms with Crippen molar-refractivity contribution >= 4 is 28.4 Å². The maximum atomic E-state index is 12.0. The highest BCUT2D eigenvalue weighted by atomic mass is 35.5. The van der Waals surface area contributed by atoms with Crippen molar-refractivity contribution in [1.29, 1.82) is 0 Å². The molecule has 6 nitrogen and oxygen atoms in total. The quantitative estimate of drug-likeness (QED) is 0.775. The highest BCUT2D eigenvalue weighted by Crippen LogP contribution is 2.22. The second kappa shape index (κ2) is 8.46. The van der Waals surface area contributed by atoms with Crippen LogP contribution in [0.3, 0.4) is 0 Å². The average molecular weight is 351 g/mol. The third kappa shape index (κ3) is 4.47. The van der Waals surface area contributed by atoms with Gasteiger partial charge in [0, 0.05) is 31.4 Å². The number of aromatic nitrogens is 2. The Morgan fingerprint density at radius 2 is 2.12 bits per heavy atom. The van der Waals surface area contributed by atoms with E-state index in [9.17, 15) is 4.79 Å². The normalized spacial score (nSPS) is 15.7. The topological polar surface area (TPSA) is 59.4 Å². The summed E-state index contributed by atoms with van der Waals surface area (Å²) in [5, 5.41) is 8.91. The number of nitrogens with one attached hydrogen (secondary N) is 1. The third-order valence-electron chi connectivity index (χ3n) is 4.26. The lowest BCUT2D eigenvalue weighted by Crippen LogP contribution is -2.38. The van der Waals surface area contributed by atoms with Gasteiger partial charge in [0.25, 0.3) is 0 Å². The average Bonchev–Trinajstić information content (AvgIpc) is 3.02. The zero-order valence-electron chi connectivity index (χ0n) is 13.7. The first-order valence-corrected chi connectivity index (χ1v) is 8.78. The van der Waals surface area contributed by atoms with Crippen LogP contribution in [-0.4, -0.2) is 60.0 Å². The second-order valence-electron chi connectivity index (χ2n) is 5.95. The van der Waals surface area contributed by atoms with Gasteiger partial charge in [-0.25, -0.2) is 0 Å². The Kier molecular flexibility index (Phi) is 6.07. The molecule has 130 valence electrons. The first-order valence-electron chi connectivity index (χ1n) is 8.41. The van der Waals surface area contributed by atoms with Crippen LogP contribution in [0.25, 0.3) is 10.9 Å². The molecule has 0 bridgehead atoms. The van der Waals surface area contributed by atoms with Crippen molar-refractivity contribution in [3.05, 3.63) is 29.4 Å². The molecule has 1 aliphatic heterocycles. The fraction of sp³-hybridized carbons (Fsp3) is 0.529. The van der Waals surface area contributed by atoms with Crippen molar-refractivity contribution in [2.75, 3.05) is 39.4 Å². The van der Waals surface area contributed by atoms with Crippen LogP contribution in [0.5, 0.6) is 0 Å². The van der Waals surface area contributed by atoms with Crippen molar-refractivity contribution < 1.29 is 9.53 Å². The SMILES string of the molecule is O=C(CCn1ncc2c(Cl)cccc21)NCCCN1CCOCC1. The molecule has 1 fully saturated rings. The van der Waals surface area contributed by atoms with E-state index < -0.39 is 0 Å². The Morgan fingerprint density at radius 1 is 1.29 bits per heavy atom. The number of aryl methyl sites for hydroxylation is 1. The molecule has 1 N–H and O–H groups in total. The van der Waals surface area contributed by atoms with Crippen LogP contribution >= 0.6 is 11.6 Å². The van der Waals surface area contributed by atoms with E-state index in [1.165, 1.54) is 0 Å². The summed E-state index contributed by atoms with van der Waals surface area (Å²) < 4.78 is 7.15. The van der Waals surface area contributed by atoms with Crippen molar-refractivity contribution in [3.63, 3.8) is 0 Å². The molecular weight excluding hydrogens is 328 g/mol. The maximum Gasteiger partial charge on any atom is 0.221 e. The molecule has 1 aromatic carbocycles. The zero-order chi connectivity index (χ0) is 16.8. The van der Waals surface area contributed by atoms with Gasteiger partial charge in [0.1, 0.15) is 0 Å². The van der Waals surface area contributed by atoms with Crippen LogP contribution in [0, 0.1) is 0 Å². The molecule has 1 amide bonds. The van der Waals surface area contributed by atoms with Gasteiger partial charge >= 0.3 is 0 Å². The standard InChI is InChI=1S/C17H23ClN4O2/c18-15-3-1-4-16-14(15)13-20-22(16)8-5-17(23)19-6-2-7-21-9-11-24-12-10-21/h1,3-4,13H,2,5-12H2,(H,19,23). The molecule has 3 rings (SSSR count). The van der Waals surface area contributed by atoms with Crippen molar-refractivity contribution in [2.24, 2.45) is 0 Å². The molecule has 1 saturated heterocycles. The van der Waals surface area contributed by atoms with Crippen molar-refractivity contribution in [1.82, 2.24) is 20.0 Å². The number of fused-ring (bicyclic) bond motifs is 1. The summed E-state index contributed by atoms with van der Waals surface area (Å²) in [5.74, 6) is 0.0580. The predicted molar refractivity (Wildman–Crippen MR) is 94.2 cm³/mol. The van der Waals surface area contributed by atoms with Crippen LogP contribution in [0.15, 0.2) is 24.4 Å². The van der Waals surface area contributed by atoms with Gasteiger partial charge in [-0.2, -0.15) is 5.10 Å². The van der Waals surface area contributed by atoms with Crippen LogP contribution in [-0.2, 0) is 16.1 Å². The van der Waals surface area contributed by atoms with Gasteiger partial charge in [0.05, 0.1) is 36.5 Å². The maximum absolute atomic E-state index is 12.0. The molecule has 24 heavy (non-hydrogen) atoms. The van der Waals surface area contributed by atoms with E-state index >= 15 is 0 Å². The molecule has 1 aliphatic rings. The van der Waals surface area contributed by atoms with Gasteiger partial charge in [0.15, 0.2) is 0 Å². The highest BCUT2D eigenvalue weighted by molar-refractivity contribution is 6.35. The summed E-state index contributed by atoms with van der Waals surface area (Å²) in [5.41, 5.74) is 0.961. The van der Waals surface area contributed by atoms with Gasteiger partial charge in [-0.1, -0.05) is 17.7 Å². The Morgan fingerprint density at radius 3 is 2.96 bits per heavy atom. The minimum absolute atomic E-state index is 0.0580. The number of morpholine rings is 1. The fourth-order valence-corrected chi connectivity index (χ4v) is 3.12. The summed E-state index contributed by atoms with van der Waals surface area (Å²) in [7, 11) is 0. The number of halogens is 1. The second-order valence-corrected chi connectivity index (χ2v) is 6.36. The molecule has 1 aromatic heterocycles. The predicted octanol–water partition coefficient (Wildman–Crippen LogP) is 1.92. The largest absolute Gasteiger partial charge is 0.379 e. The Labute approximate surface area is 146 Å². The monoisotopic (exact) mass is 350 g/mol. The zero-order valence-corrected chi connectivity index (χ0v) is 14.5. The molecule has 0 atom stereocenters. The molecule has 2 heterocycles. The Hall–Kier alpha value is -1.63. The lowest BCUT2D eigenvalue weighted by Gasteiger charge is -2.26. The van der Waals surface area contributed by atoms with Crippen LogP contribution in [0.1, 0.15) is 12.8 Å². The van der Waals surface area contributed by atoms with E-state index in [4.69, 9.17) is 16.3 Å². The fourth-order valence-electron chi connectivity index (χ4n) is 2.90. The summed E-state index contributed by atoms with van der Waals surface area (Å²) in [6.07, 6.45) is 3.13. The Bertz CT molecular complexity index is 682. The minimum Gasteiger partial charge on any atom is -0.379 e. The van der Waals surface area contributed by atoms with Crippen LogP contribution < -0.4 is 5.32 Å². The van der Waals surface area contributed by atoms with Crippen LogP contribution in [0.2, 0.25) is 5.02 Å². The highest BCUT2D eigenvalue weighted by Gasteiger charge is 2.10. The summed E-state index contributed by atoms with van der Waals surface area (Å²) in [6.45, 7) is 5.88. The molecule has 0 radical (unpaired) electrons. The summed E-state index contributed by atoms with van der Waals surface area (Å²) in [6, 6.07) is 5.71. The Balaban J connectivity index is 1.38. The molecular formula is C17H23ClN4O2. The smallest absolute Gasteiger partial charge is 0.221 e. The van der Waals surface area contributed by atoms with Crippen LogP contribution in [0.4, 0.5) is 0 Å². The number of hydrogen-bond acceptors (Lipinski definition) is 4. The van der Waals surface area contributed by atoms with Gasteiger partial charge < -0.3 is 10.1 Å². The molecule has 0 spiro atoms. The van der Waals surface area contributed by atoms with E-state index in [-0.39, 0.29) is 5.91 Å². The molecule has 0 aliphatic carbocycles. The lowest BCUT2D eigenvalue weighted by atomic mass is 10.2. The summed E-state index contributed by atoms with van der Waals surface area (Å²) >= 11 is 6.14. The molecule has 0 unspecified atom stereocenters. The van der Waals surface area contributed by atoms with Gasteiger partial charge in [-0.05, 0) is 25.1 Å². The molecule has 0 saturated carbocycles. The molecule has 7 heteroatoms. The van der Waals surface area contributed by atoms with Crippen molar-refractivity contribution in [2.45, 2.75) is 19.4 Å². The lowest BCUT2D eigenvalue weighted by molar-refractivity contribution is -0.121. The number of rotatable bonds is 7. The number of carbonyl (C=O) groups is 1. The van der Waals surface area contributed by atoms with Gasteiger partial charge in [0.2, 0.25) is 5.91 Å². The number of hydrogen-bond donors (Lipinski definition) is 1. The van der Waals surface area contributed by atoms with E-state index in [0.717, 1.165) is 50.2 Å². The van der Waals surface area contributed by atoms with E-state index in [1.807, 2.05) is 22.9 Å². The van der Waals surface area contributed by atoms with Gasteiger partial charge in [-0.3, -0.25) is 14.4 Å².